The lowest BCUT2D eigenvalue weighted by Gasteiger charge is -2.16. The second kappa shape index (κ2) is 6.79. The largest absolute Gasteiger partial charge is 0.352 e. The molecule has 6 heteroatoms. The quantitative estimate of drug-likeness (QED) is 0.902. The smallest absolute Gasteiger partial charge is 0.220 e. The number of carbonyl (C=O) groups is 1. The van der Waals surface area contributed by atoms with E-state index in [0.717, 1.165) is 18.4 Å². The molecule has 1 N–H and O–H groups in total. The number of amides is 1. The van der Waals surface area contributed by atoms with E-state index in [1.54, 1.807) is 6.92 Å². The van der Waals surface area contributed by atoms with Crippen molar-refractivity contribution < 1.29 is 13.2 Å². The fourth-order valence-electron chi connectivity index (χ4n) is 2.53. The molecule has 0 saturated carbocycles. The van der Waals surface area contributed by atoms with Gasteiger partial charge in [-0.1, -0.05) is 23.7 Å². The van der Waals surface area contributed by atoms with E-state index in [1.165, 1.54) is 0 Å². The summed E-state index contributed by atoms with van der Waals surface area (Å²) in [7, 11) is -3.01. The summed E-state index contributed by atoms with van der Waals surface area (Å²) in [5.41, 5.74) is 1.14. The summed E-state index contributed by atoms with van der Waals surface area (Å²) in [6.07, 6.45) is 2.47. The first-order valence-electron chi connectivity index (χ1n) is 7.14. The van der Waals surface area contributed by atoms with Crippen LogP contribution in [0.5, 0.6) is 0 Å². The molecule has 21 heavy (non-hydrogen) atoms. The first-order valence-corrected chi connectivity index (χ1v) is 9.23. The Balaban J connectivity index is 1.74. The molecule has 1 heterocycles. The van der Waals surface area contributed by atoms with E-state index < -0.39 is 15.1 Å². The SMILES string of the molecule is C[C@H]1[C@@H](NC(=O)CCCc2ccc(Cl)cc2)CCS1(=O)=O. The number of sulfone groups is 1. The molecule has 2 rings (SSSR count). The summed E-state index contributed by atoms with van der Waals surface area (Å²) in [6.45, 7) is 1.67. The molecule has 1 aromatic rings. The van der Waals surface area contributed by atoms with Gasteiger partial charge < -0.3 is 5.32 Å². The highest BCUT2D eigenvalue weighted by molar-refractivity contribution is 7.92. The Labute approximate surface area is 130 Å². The third kappa shape index (κ3) is 4.45. The number of nitrogens with one attached hydrogen (secondary N) is 1. The molecule has 1 aromatic carbocycles. The van der Waals surface area contributed by atoms with E-state index >= 15 is 0 Å². The Hall–Kier alpha value is -1.07. The summed E-state index contributed by atoms with van der Waals surface area (Å²) in [6, 6.07) is 7.33. The molecular formula is C15H20ClNO3S. The van der Waals surface area contributed by atoms with Crippen molar-refractivity contribution in [1.82, 2.24) is 5.32 Å². The van der Waals surface area contributed by atoms with Crippen molar-refractivity contribution >= 4 is 27.3 Å². The van der Waals surface area contributed by atoms with Crippen molar-refractivity contribution in [3.63, 3.8) is 0 Å². The molecule has 0 bridgehead atoms. The first-order chi connectivity index (χ1) is 9.88. The van der Waals surface area contributed by atoms with Gasteiger partial charge in [0.05, 0.1) is 11.0 Å². The highest BCUT2D eigenvalue weighted by atomic mass is 35.5. The average Bonchev–Trinajstić information content (AvgIpc) is 2.68. The van der Waals surface area contributed by atoms with E-state index in [4.69, 9.17) is 11.6 Å². The second-order valence-corrected chi connectivity index (χ2v) is 8.43. The monoisotopic (exact) mass is 329 g/mol. The van der Waals surface area contributed by atoms with E-state index in [2.05, 4.69) is 5.32 Å². The van der Waals surface area contributed by atoms with Crippen LogP contribution in [0.3, 0.4) is 0 Å². The lowest BCUT2D eigenvalue weighted by molar-refractivity contribution is -0.121. The van der Waals surface area contributed by atoms with Crippen molar-refractivity contribution in [2.75, 3.05) is 5.75 Å². The van der Waals surface area contributed by atoms with Gasteiger partial charge >= 0.3 is 0 Å². The Morgan fingerprint density at radius 3 is 2.57 bits per heavy atom. The molecule has 1 saturated heterocycles. The maximum atomic E-state index is 11.9. The van der Waals surface area contributed by atoms with Crippen LogP contribution in [0.4, 0.5) is 0 Å². The predicted molar refractivity (Wildman–Crippen MR) is 84.2 cm³/mol. The molecule has 1 aliphatic rings. The number of hydrogen-bond acceptors (Lipinski definition) is 3. The zero-order valence-electron chi connectivity index (χ0n) is 12.0. The molecule has 1 amide bonds. The normalized spacial score (nSPS) is 23.9. The summed E-state index contributed by atoms with van der Waals surface area (Å²) < 4.78 is 23.2. The maximum Gasteiger partial charge on any atom is 0.220 e. The van der Waals surface area contributed by atoms with E-state index in [-0.39, 0.29) is 17.7 Å². The van der Waals surface area contributed by atoms with Gasteiger partial charge in [-0.15, -0.1) is 0 Å². The van der Waals surface area contributed by atoms with Crippen LogP contribution in [0.25, 0.3) is 0 Å². The second-order valence-electron chi connectivity index (χ2n) is 5.51. The fraction of sp³-hybridized carbons (Fsp3) is 0.533. The van der Waals surface area contributed by atoms with Gasteiger partial charge in [-0.25, -0.2) is 8.42 Å². The summed E-state index contributed by atoms with van der Waals surface area (Å²) in [5.74, 6) is 0.0991. The topological polar surface area (TPSA) is 63.2 Å². The van der Waals surface area contributed by atoms with Crippen molar-refractivity contribution in [3.05, 3.63) is 34.9 Å². The Morgan fingerprint density at radius 1 is 1.33 bits per heavy atom. The molecule has 1 fully saturated rings. The Morgan fingerprint density at radius 2 is 2.00 bits per heavy atom. The lowest BCUT2D eigenvalue weighted by atomic mass is 10.1. The average molecular weight is 330 g/mol. The van der Waals surface area contributed by atoms with Crippen LogP contribution in [-0.2, 0) is 21.1 Å². The van der Waals surface area contributed by atoms with E-state index in [9.17, 15) is 13.2 Å². The standard InChI is InChI=1S/C15H20ClNO3S/c1-11-14(9-10-21(11,19)20)17-15(18)4-2-3-12-5-7-13(16)8-6-12/h5-8,11,14H,2-4,9-10H2,1H3,(H,17,18)/t11-,14-/m0/s1. The fourth-order valence-corrected chi connectivity index (χ4v) is 4.32. The predicted octanol–water partition coefficient (Wildman–Crippen LogP) is 2.35. The summed E-state index contributed by atoms with van der Waals surface area (Å²) in [4.78, 5) is 11.9. The molecular weight excluding hydrogens is 310 g/mol. The van der Waals surface area contributed by atoms with E-state index in [1.807, 2.05) is 24.3 Å². The Kier molecular flexibility index (Phi) is 5.27. The van der Waals surface area contributed by atoms with Crippen LogP contribution < -0.4 is 5.32 Å². The molecule has 0 aromatic heterocycles. The van der Waals surface area contributed by atoms with Crippen LogP contribution in [0.2, 0.25) is 5.02 Å². The van der Waals surface area contributed by atoms with Crippen molar-refractivity contribution in [2.24, 2.45) is 0 Å². The highest BCUT2D eigenvalue weighted by Gasteiger charge is 2.37. The molecule has 116 valence electrons. The van der Waals surface area contributed by atoms with Gasteiger partial charge in [0, 0.05) is 17.5 Å². The third-order valence-electron chi connectivity index (χ3n) is 3.98. The molecule has 0 radical (unpaired) electrons. The van der Waals surface area contributed by atoms with Crippen molar-refractivity contribution in [1.29, 1.82) is 0 Å². The summed E-state index contributed by atoms with van der Waals surface area (Å²) in [5, 5.41) is 3.07. The lowest BCUT2D eigenvalue weighted by Crippen LogP contribution is -2.40. The number of halogens is 1. The van der Waals surface area contributed by atoms with Gasteiger partial charge in [-0.2, -0.15) is 0 Å². The van der Waals surface area contributed by atoms with Crippen LogP contribution in [0.15, 0.2) is 24.3 Å². The molecule has 1 aliphatic heterocycles. The maximum absolute atomic E-state index is 11.9. The van der Waals surface area contributed by atoms with Crippen molar-refractivity contribution in [3.8, 4) is 0 Å². The minimum Gasteiger partial charge on any atom is -0.352 e. The van der Waals surface area contributed by atoms with Crippen LogP contribution in [-0.4, -0.2) is 31.4 Å². The first kappa shape index (κ1) is 16.3. The number of hydrogen-bond donors (Lipinski definition) is 1. The van der Waals surface area contributed by atoms with Crippen LogP contribution in [0, 0.1) is 0 Å². The highest BCUT2D eigenvalue weighted by Crippen LogP contribution is 2.20. The number of benzene rings is 1. The molecule has 4 nitrogen and oxygen atoms in total. The van der Waals surface area contributed by atoms with Crippen LogP contribution in [0.1, 0.15) is 31.7 Å². The van der Waals surface area contributed by atoms with Gasteiger partial charge in [0.1, 0.15) is 0 Å². The van der Waals surface area contributed by atoms with Gasteiger partial charge in [0.15, 0.2) is 9.84 Å². The molecule has 2 atom stereocenters. The van der Waals surface area contributed by atoms with E-state index in [0.29, 0.717) is 17.9 Å². The summed E-state index contributed by atoms with van der Waals surface area (Å²) >= 11 is 5.81. The van der Waals surface area contributed by atoms with Crippen molar-refractivity contribution in [2.45, 2.75) is 43.9 Å². The third-order valence-corrected chi connectivity index (χ3v) is 6.49. The minimum absolute atomic E-state index is 0.0714. The van der Waals surface area contributed by atoms with Gasteiger partial charge in [0.2, 0.25) is 5.91 Å². The molecule has 0 spiro atoms. The van der Waals surface area contributed by atoms with Gasteiger partial charge in [0.25, 0.3) is 0 Å². The molecule has 0 aliphatic carbocycles. The van der Waals surface area contributed by atoms with Gasteiger partial charge in [-0.05, 0) is 43.9 Å². The number of rotatable bonds is 5. The zero-order valence-corrected chi connectivity index (χ0v) is 13.6. The number of carbonyl (C=O) groups excluding carboxylic acids is 1. The van der Waals surface area contributed by atoms with Crippen LogP contribution >= 0.6 is 11.6 Å². The van der Waals surface area contributed by atoms with Gasteiger partial charge in [-0.3, -0.25) is 4.79 Å². The molecule has 0 unspecified atom stereocenters. The number of aryl methyl sites for hydroxylation is 1. The Bertz CT molecular complexity index is 598. The zero-order chi connectivity index (χ0) is 15.5. The minimum atomic E-state index is -3.01.